The average molecular weight is 1840 g/mol. The number of rotatable bonds is 16. The fourth-order valence-electron chi connectivity index (χ4n) is 6.32. The average Bonchev–Trinajstić information content (AvgIpc) is 0.923. The SMILES string of the molecule is C=S(/C=C\C(C)(C)C)CC(C)(C)C.C=S(/C=C\C(C)(C)C)CC(C)(C)C.C=S(/C=C\CC(C)(C)C)C(C)(C)C.C=S(/C=C\CC(C)(C)C)C(C)(C)C.C=S(C/C=C\C(C)(C)C)C(C)(C)C.C=S(C/C=C\C(C)(C)C)C(C)(C)C.C=S(C/C=C\C(C)(C)C)C(C)(C)C.C=S(C/C=C\C(C)(C)C)C(C)(C)C.CC.CC.CC.CC.CC.CC.CC.CC. The van der Waals surface area contributed by atoms with E-state index in [4.69, 9.17) is 0 Å². The topological polar surface area (TPSA) is 0 Å². The van der Waals surface area contributed by atoms with Crippen molar-refractivity contribution in [3.05, 3.63) is 94.5 Å². The van der Waals surface area contributed by atoms with Crippen LogP contribution in [-0.2, 0) is 0 Å². The zero-order chi connectivity index (χ0) is 102. The first-order valence-corrected chi connectivity index (χ1v) is 58.9. The fraction of sp³-hybridized carbons (Fsp3) is 0.786. The highest BCUT2D eigenvalue weighted by atomic mass is 32.2. The van der Waals surface area contributed by atoms with Crippen LogP contribution in [0.5, 0.6) is 0 Å². The molecule has 0 aliphatic heterocycles. The molecule has 0 radical (unpaired) electrons. The molecule has 0 amide bonds. The molecule has 8 atom stereocenters. The maximum atomic E-state index is 4.21. The lowest BCUT2D eigenvalue weighted by Crippen LogP contribution is -2.11. The third-order valence-corrected chi connectivity index (χ3v) is 30.4. The molecular formula is C112H240S8. The Hall–Kier alpha value is -0.320. The quantitative estimate of drug-likeness (QED) is 0.107. The molecule has 0 spiro atoms. The third-order valence-electron chi connectivity index (χ3n) is 13.4. The van der Waals surface area contributed by atoms with Crippen molar-refractivity contribution in [3.63, 3.8) is 0 Å². The van der Waals surface area contributed by atoms with Gasteiger partial charge in [0.15, 0.2) is 0 Å². The van der Waals surface area contributed by atoms with Crippen LogP contribution in [0.4, 0.5) is 0 Å². The first-order chi connectivity index (χ1) is 53.0. The van der Waals surface area contributed by atoms with Crippen molar-refractivity contribution in [2.24, 2.45) is 54.1 Å². The van der Waals surface area contributed by atoms with Gasteiger partial charge in [-0.1, -0.05) is 563 Å². The van der Waals surface area contributed by atoms with Crippen LogP contribution in [0, 0.1) is 54.1 Å². The summed E-state index contributed by atoms with van der Waals surface area (Å²) in [5.41, 5.74) is 3.41. The van der Waals surface area contributed by atoms with Crippen LogP contribution in [0.3, 0.4) is 0 Å². The van der Waals surface area contributed by atoms with Crippen LogP contribution in [0.2, 0.25) is 0 Å². The van der Waals surface area contributed by atoms with Crippen LogP contribution >= 0.6 is 83.9 Å². The summed E-state index contributed by atoms with van der Waals surface area (Å²) in [5.74, 6) is 40.3. The molecule has 0 N–H and O–H groups in total. The van der Waals surface area contributed by atoms with Gasteiger partial charge < -0.3 is 0 Å². The summed E-state index contributed by atoms with van der Waals surface area (Å²) in [6.45, 7) is 140. The fourth-order valence-corrected chi connectivity index (χ4v) is 14.7. The van der Waals surface area contributed by atoms with Crippen molar-refractivity contribution in [3.8, 4) is 0 Å². The lowest BCUT2D eigenvalue weighted by molar-refractivity contribution is 0.420. The standard InChI is InChI=1S/8C12H24S.8C2H6/c2*1-11(2,3)8-9-13(7)10-12(4,5)6;6*1-11(2,3)9-8-10-13(7)12(4,5)6;8*1-2/h2*8-9H,7,10H2,1-6H3;2*8,10H,7,9H2,1-6H3;4*8-9H,7,10H2,1-6H3;8*1-2H3/b2*9-8-;2*10-8-;4*9-8-;;;;;;;;. The Kier molecular flexibility index (Phi) is 104. The van der Waals surface area contributed by atoms with E-state index in [9.17, 15) is 0 Å². The predicted octanol–water partition coefficient (Wildman–Crippen LogP) is 42.0. The van der Waals surface area contributed by atoms with E-state index >= 15 is 0 Å². The smallest absolute Gasteiger partial charge is 0.00628 e. The van der Waals surface area contributed by atoms with E-state index in [0.717, 1.165) is 35.9 Å². The molecule has 0 rings (SSSR count). The summed E-state index contributed by atoms with van der Waals surface area (Å²) < 4.78 is 2.03. The Morgan fingerprint density at radius 2 is 0.317 bits per heavy atom. The highest BCUT2D eigenvalue weighted by Gasteiger charge is 2.19. The minimum atomic E-state index is 0.147. The van der Waals surface area contributed by atoms with Crippen molar-refractivity contribution in [2.75, 3.05) is 34.5 Å². The monoisotopic (exact) mass is 1840 g/mol. The first kappa shape index (κ1) is 157. The van der Waals surface area contributed by atoms with E-state index in [1.54, 1.807) is 0 Å². The molecule has 8 unspecified atom stereocenters. The van der Waals surface area contributed by atoms with Gasteiger partial charge in [-0.05, 0) is 100 Å². The lowest BCUT2D eigenvalue weighted by atomic mass is 9.93. The largest absolute Gasteiger partial charge is 0.184 e. The third kappa shape index (κ3) is 161. The minimum Gasteiger partial charge on any atom is -0.184 e. The summed E-state index contributed by atoms with van der Waals surface area (Å²) in [7, 11) is 1.63. The predicted molar refractivity (Wildman–Crippen MR) is 633 cm³/mol. The molecule has 0 saturated carbocycles. The van der Waals surface area contributed by atoms with Crippen molar-refractivity contribution >= 4 is 131 Å². The highest BCUT2D eigenvalue weighted by molar-refractivity contribution is 8.18. The van der Waals surface area contributed by atoms with Crippen molar-refractivity contribution in [2.45, 2.75) is 484 Å². The second-order valence-electron chi connectivity index (χ2n) is 45.3. The zero-order valence-corrected chi connectivity index (χ0v) is 102. The Bertz CT molecular complexity index is 2450. The number of hydrogen-bond acceptors (Lipinski definition) is 0. The minimum absolute atomic E-state index is 0.147. The van der Waals surface area contributed by atoms with E-state index in [1.165, 1.54) is 11.5 Å². The van der Waals surface area contributed by atoms with Gasteiger partial charge in [-0.25, -0.2) is 0 Å². The molecule has 0 aliphatic rings. The van der Waals surface area contributed by atoms with Crippen LogP contribution < -0.4 is 0 Å². The van der Waals surface area contributed by atoms with Gasteiger partial charge in [0.25, 0.3) is 0 Å². The molecule has 0 saturated heterocycles. The normalized spacial score (nSPS) is 14.7. The summed E-state index contributed by atoms with van der Waals surface area (Å²) in [4.78, 5) is 0. The zero-order valence-electron chi connectivity index (χ0n) is 95.8. The van der Waals surface area contributed by atoms with E-state index in [0.29, 0.717) is 82.6 Å². The second-order valence-corrected chi connectivity index (χ2v) is 63.5. The van der Waals surface area contributed by atoms with Gasteiger partial charge in [-0.2, -0.15) is 83.9 Å². The molecule has 8 heteroatoms. The van der Waals surface area contributed by atoms with Gasteiger partial charge >= 0.3 is 0 Å². The van der Waals surface area contributed by atoms with Crippen LogP contribution in [-0.4, -0.2) is 110 Å². The molecule has 0 bridgehead atoms. The van der Waals surface area contributed by atoms with E-state index in [-0.39, 0.29) is 83.9 Å². The first-order valence-electron chi connectivity index (χ1n) is 46.5. The van der Waals surface area contributed by atoms with Gasteiger partial charge in [-0.15, -0.1) is 0 Å². The summed E-state index contributed by atoms with van der Waals surface area (Å²) in [6.07, 6.45) is 29.6. The van der Waals surface area contributed by atoms with Crippen molar-refractivity contribution in [1.29, 1.82) is 0 Å². The number of hydrogen-bond donors (Lipinski definition) is 0. The van der Waals surface area contributed by atoms with Gasteiger partial charge in [-0.3, -0.25) is 0 Å². The Morgan fingerprint density at radius 1 is 0.175 bits per heavy atom. The van der Waals surface area contributed by atoms with Crippen LogP contribution in [0.1, 0.15) is 456 Å². The summed E-state index contributed by atoms with van der Waals surface area (Å²) in [5, 5.41) is 9.08. The van der Waals surface area contributed by atoms with Crippen molar-refractivity contribution in [1.82, 2.24) is 0 Å². The summed E-state index contributed by atoms with van der Waals surface area (Å²) >= 11 is 0. The molecule has 0 aliphatic carbocycles. The second kappa shape index (κ2) is 79.6. The van der Waals surface area contributed by atoms with Gasteiger partial charge in [0, 0.05) is 51.5 Å². The number of allylic oxidation sites excluding steroid dienone is 8. The molecular weight excluding hydrogens is 1600 g/mol. The molecule has 736 valence electrons. The Balaban J connectivity index is -0.0000000717. The van der Waals surface area contributed by atoms with E-state index < -0.39 is 0 Å². The van der Waals surface area contributed by atoms with Crippen molar-refractivity contribution < 1.29 is 0 Å². The van der Waals surface area contributed by atoms with Gasteiger partial charge in [0.1, 0.15) is 0 Å². The molecule has 0 aromatic carbocycles. The Labute approximate surface area is 791 Å². The molecule has 0 heterocycles. The summed E-state index contributed by atoms with van der Waals surface area (Å²) in [6, 6.07) is 0. The molecule has 0 nitrogen and oxygen atoms in total. The van der Waals surface area contributed by atoms with Gasteiger partial charge in [0.05, 0.1) is 0 Å². The highest BCUT2D eigenvalue weighted by Crippen LogP contribution is 2.37. The molecule has 0 aromatic rings. The Morgan fingerprint density at radius 3 is 0.417 bits per heavy atom. The van der Waals surface area contributed by atoms with E-state index in [2.05, 4.69) is 474 Å². The lowest BCUT2D eigenvalue weighted by Gasteiger charge is -2.22. The molecule has 0 aromatic heterocycles. The van der Waals surface area contributed by atoms with Crippen LogP contribution in [0.25, 0.3) is 0 Å². The van der Waals surface area contributed by atoms with Gasteiger partial charge in [0.2, 0.25) is 0 Å². The molecule has 120 heavy (non-hydrogen) atoms. The molecule has 0 fully saturated rings. The maximum Gasteiger partial charge on any atom is 0.00628 e. The maximum absolute atomic E-state index is 4.21. The van der Waals surface area contributed by atoms with E-state index in [1.807, 2.05) is 111 Å². The van der Waals surface area contributed by atoms with Crippen LogP contribution in [0.15, 0.2) is 94.5 Å².